The second kappa shape index (κ2) is 6.91. The Bertz CT molecular complexity index is 465. The Morgan fingerprint density at radius 3 is 2.52 bits per heavy atom. The second-order valence-electron chi connectivity index (χ2n) is 6.17. The molecule has 0 bridgehead atoms. The minimum atomic E-state index is 0.211. The third-order valence-corrected chi connectivity index (χ3v) is 4.16. The molecule has 0 aliphatic heterocycles. The summed E-state index contributed by atoms with van der Waals surface area (Å²) in [5.74, 6) is 2.65. The van der Waals surface area contributed by atoms with Gasteiger partial charge in [0.2, 0.25) is 11.9 Å². The van der Waals surface area contributed by atoms with Gasteiger partial charge in [-0.15, -0.1) is 0 Å². The summed E-state index contributed by atoms with van der Waals surface area (Å²) in [5, 5.41) is 3.13. The Balaban J connectivity index is 2.11. The number of hydrogen-bond acceptors (Lipinski definition) is 6. The standard InChI is InChI=1S/C15H27N5O/c1-6-16-13-17-14(20(4)5)19-15(18-13)21-12-8-7-10(2)11(3)9-12/h10-12H,6-9H2,1-5H3,(H,16,17,18,19). The number of ether oxygens (including phenoxy) is 1. The maximum absolute atomic E-state index is 6.02. The van der Waals surface area contributed by atoms with E-state index < -0.39 is 0 Å². The zero-order valence-corrected chi connectivity index (χ0v) is 13.8. The number of rotatable bonds is 5. The fourth-order valence-corrected chi connectivity index (χ4v) is 2.59. The van der Waals surface area contributed by atoms with Crippen LogP contribution in [-0.2, 0) is 0 Å². The zero-order chi connectivity index (χ0) is 15.4. The lowest BCUT2D eigenvalue weighted by molar-refractivity contribution is 0.0919. The molecule has 1 heterocycles. The first-order valence-corrected chi connectivity index (χ1v) is 7.83. The first-order valence-electron chi connectivity index (χ1n) is 7.83. The molecule has 2 rings (SSSR count). The lowest BCUT2D eigenvalue weighted by Gasteiger charge is -2.31. The molecule has 1 aromatic heterocycles. The summed E-state index contributed by atoms with van der Waals surface area (Å²) in [7, 11) is 3.83. The van der Waals surface area contributed by atoms with Crippen LogP contribution in [0.4, 0.5) is 11.9 Å². The van der Waals surface area contributed by atoms with Crippen LogP contribution < -0.4 is 15.0 Å². The summed E-state index contributed by atoms with van der Waals surface area (Å²) < 4.78 is 6.02. The molecule has 0 amide bonds. The molecular formula is C15H27N5O. The van der Waals surface area contributed by atoms with E-state index in [9.17, 15) is 0 Å². The predicted octanol–water partition coefficient (Wildman–Crippen LogP) is 2.57. The van der Waals surface area contributed by atoms with Crippen molar-refractivity contribution >= 4 is 11.9 Å². The molecule has 1 saturated carbocycles. The van der Waals surface area contributed by atoms with E-state index >= 15 is 0 Å². The molecule has 0 saturated heterocycles. The van der Waals surface area contributed by atoms with Gasteiger partial charge in [-0.2, -0.15) is 15.0 Å². The van der Waals surface area contributed by atoms with E-state index in [0.717, 1.165) is 25.3 Å². The lowest BCUT2D eigenvalue weighted by Crippen LogP contribution is -2.29. The van der Waals surface area contributed by atoms with Crippen molar-refractivity contribution in [2.45, 2.75) is 46.1 Å². The van der Waals surface area contributed by atoms with E-state index in [1.54, 1.807) is 0 Å². The highest BCUT2D eigenvalue weighted by atomic mass is 16.5. The normalized spacial score (nSPS) is 25.5. The van der Waals surface area contributed by atoms with Gasteiger partial charge in [0.15, 0.2) is 0 Å². The second-order valence-corrected chi connectivity index (χ2v) is 6.17. The van der Waals surface area contributed by atoms with Gasteiger partial charge in [0, 0.05) is 20.6 Å². The van der Waals surface area contributed by atoms with Gasteiger partial charge >= 0.3 is 6.01 Å². The summed E-state index contributed by atoms with van der Waals surface area (Å²) in [6.07, 6.45) is 3.56. The SMILES string of the molecule is CCNc1nc(OC2CCC(C)C(C)C2)nc(N(C)C)n1. The summed E-state index contributed by atoms with van der Waals surface area (Å²) in [6, 6.07) is 0.427. The molecule has 1 aromatic rings. The smallest absolute Gasteiger partial charge is 0.323 e. The number of anilines is 2. The molecule has 1 fully saturated rings. The molecule has 1 N–H and O–H groups in total. The first-order chi connectivity index (χ1) is 9.99. The molecule has 6 heteroatoms. The van der Waals surface area contributed by atoms with E-state index in [4.69, 9.17) is 4.74 Å². The number of aromatic nitrogens is 3. The molecule has 0 aromatic carbocycles. The van der Waals surface area contributed by atoms with Gasteiger partial charge < -0.3 is 15.0 Å². The zero-order valence-electron chi connectivity index (χ0n) is 13.8. The Morgan fingerprint density at radius 1 is 1.14 bits per heavy atom. The van der Waals surface area contributed by atoms with Crippen LogP contribution in [0.2, 0.25) is 0 Å². The number of nitrogens with zero attached hydrogens (tertiary/aromatic N) is 4. The highest BCUT2D eigenvalue weighted by molar-refractivity contribution is 5.36. The van der Waals surface area contributed by atoms with E-state index in [1.165, 1.54) is 6.42 Å². The number of nitrogens with one attached hydrogen (secondary N) is 1. The Morgan fingerprint density at radius 2 is 1.90 bits per heavy atom. The maximum atomic E-state index is 6.02. The van der Waals surface area contributed by atoms with Crippen LogP contribution in [0, 0.1) is 11.8 Å². The van der Waals surface area contributed by atoms with Gasteiger partial charge in [-0.25, -0.2) is 0 Å². The minimum absolute atomic E-state index is 0.211. The van der Waals surface area contributed by atoms with Crippen molar-refractivity contribution in [3.05, 3.63) is 0 Å². The average Bonchev–Trinajstić information content (AvgIpc) is 2.43. The Hall–Kier alpha value is -1.59. The highest BCUT2D eigenvalue weighted by Crippen LogP contribution is 2.31. The summed E-state index contributed by atoms with van der Waals surface area (Å²) >= 11 is 0. The fourth-order valence-electron chi connectivity index (χ4n) is 2.59. The van der Waals surface area contributed by atoms with Crippen LogP contribution in [-0.4, -0.2) is 41.7 Å². The first kappa shape index (κ1) is 15.8. The molecule has 6 nitrogen and oxygen atoms in total. The monoisotopic (exact) mass is 293 g/mol. The predicted molar refractivity (Wildman–Crippen MR) is 84.9 cm³/mol. The van der Waals surface area contributed by atoms with Crippen LogP contribution in [0.25, 0.3) is 0 Å². The van der Waals surface area contributed by atoms with Crippen LogP contribution in [0.5, 0.6) is 6.01 Å². The largest absolute Gasteiger partial charge is 0.460 e. The molecule has 3 atom stereocenters. The van der Waals surface area contributed by atoms with Gasteiger partial charge in [0.25, 0.3) is 0 Å². The van der Waals surface area contributed by atoms with Crippen molar-refractivity contribution in [1.29, 1.82) is 0 Å². The number of hydrogen-bond donors (Lipinski definition) is 1. The molecule has 0 radical (unpaired) electrons. The third kappa shape index (κ3) is 4.19. The van der Waals surface area contributed by atoms with Crippen LogP contribution in [0.15, 0.2) is 0 Å². The molecule has 0 spiro atoms. The molecule has 118 valence electrons. The van der Waals surface area contributed by atoms with Gasteiger partial charge in [-0.05, 0) is 38.0 Å². The lowest BCUT2D eigenvalue weighted by atomic mass is 9.80. The quantitative estimate of drug-likeness (QED) is 0.900. The van der Waals surface area contributed by atoms with Crippen LogP contribution in [0.1, 0.15) is 40.0 Å². The fraction of sp³-hybridized carbons (Fsp3) is 0.800. The van der Waals surface area contributed by atoms with E-state index in [0.29, 0.717) is 23.8 Å². The molecule has 21 heavy (non-hydrogen) atoms. The van der Waals surface area contributed by atoms with Gasteiger partial charge in [-0.1, -0.05) is 13.8 Å². The summed E-state index contributed by atoms with van der Waals surface area (Å²) in [5.41, 5.74) is 0. The summed E-state index contributed by atoms with van der Waals surface area (Å²) in [6.45, 7) is 7.40. The van der Waals surface area contributed by atoms with Crippen molar-refractivity contribution in [2.24, 2.45) is 11.8 Å². The third-order valence-electron chi connectivity index (χ3n) is 4.16. The van der Waals surface area contributed by atoms with Gasteiger partial charge in [-0.3, -0.25) is 0 Å². The molecule has 1 aliphatic carbocycles. The van der Waals surface area contributed by atoms with Crippen LogP contribution >= 0.6 is 0 Å². The van der Waals surface area contributed by atoms with Gasteiger partial charge in [0.05, 0.1) is 0 Å². The van der Waals surface area contributed by atoms with Crippen molar-refractivity contribution in [1.82, 2.24) is 15.0 Å². The highest BCUT2D eigenvalue weighted by Gasteiger charge is 2.26. The molecular weight excluding hydrogens is 266 g/mol. The van der Waals surface area contributed by atoms with E-state index in [-0.39, 0.29) is 6.10 Å². The van der Waals surface area contributed by atoms with Crippen molar-refractivity contribution < 1.29 is 4.74 Å². The van der Waals surface area contributed by atoms with Crippen LogP contribution in [0.3, 0.4) is 0 Å². The average molecular weight is 293 g/mol. The molecule has 1 aliphatic rings. The minimum Gasteiger partial charge on any atom is -0.460 e. The van der Waals surface area contributed by atoms with E-state index in [1.807, 2.05) is 25.9 Å². The maximum Gasteiger partial charge on any atom is 0.323 e. The Labute approximate surface area is 127 Å². The van der Waals surface area contributed by atoms with Crippen molar-refractivity contribution in [3.63, 3.8) is 0 Å². The Kier molecular flexibility index (Phi) is 5.20. The van der Waals surface area contributed by atoms with Gasteiger partial charge in [0.1, 0.15) is 6.10 Å². The topological polar surface area (TPSA) is 63.2 Å². The van der Waals surface area contributed by atoms with Crippen molar-refractivity contribution in [3.8, 4) is 6.01 Å². The molecule has 3 unspecified atom stereocenters. The summed E-state index contributed by atoms with van der Waals surface area (Å²) in [4.78, 5) is 15.0. The van der Waals surface area contributed by atoms with Crippen molar-refractivity contribution in [2.75, 3.05) is 30.9 Å². The van der Waals surface area contributed by atoms with E-state index in [2.05, 4.69) is 34.1 Å².